The van der Waals surface area contributed by atoms with E-state index in [1.54, 1.807) is 38.4 Å². The summed E-state index contributed by atoms with van der Waals surface area (Å²) in [5, 5.41) is 3.45. The van der Waals surface area contributed by atoms with Crippen LogP contribution in [0, 0.1) is 0 Å². The number of carbonyl (C=O) groups is 2. The maximum atomic E-state index is 13.7. The Morgan fingerprint density at radius 2 is 1.86 bits per heavy atom. The zero-order valence-electron chi connectivity index (χ0n) is 19.9. The number of methoxy groups -OCH3 is 1. The molecule has 0 unspecified atom stereocenters. The van der Waals surface area contributed by atoms with Gasteiger partial charge in [0.25, 0.3) is 5.91 Å². The summed E-state index contributed by atoms with van der Waals surface area (Å²) in [7, 11) is 4.90. The predicted molar refractivity (Wildman–Crippen MR) is 139 cm³/mol. The van der Waals surface area contributed by atoms with E-state index < -0.39 is 0 Å². The molecule has 0 fully saturated rings. The lowest BCUT2D eigenvalue weighted by atomic mass is 10.0. The Morgan fingerprint density at radius 3 is 2.54 bits per heavy atom. The van der Waals surface area contributed by atoms with Gasteiger partial charge in [0.15, 0.2) is 0 Å². The highest BCUT2D eigenvalue weighted by atomic mass is 32.1. The zero-order valence-corrected chi connectivity index (χ0v) is 20.7. The summed E-state index contributed by atoms with van der Waals surface area (Å²) in [4.78, 5) is 39.7. The van der Waals surface area contributed by atoms with Gasteiger partial charge >= 0.3 is 0 Å². The lowest BCUT2D eigenvalue weighted by molar-refractivity contribution is -0.120. The van der Waals surface area contributed by atoms with Crippen molar-refractivity contribution in [3.63, 3.8) is 0 Å². The molecule has 4 aromatic rings. The number of hydrogen-bond donors (Lipinski definition) is 1. The van der Waals surface area contributed by atoms with Crippen molar-refractivity contribution in [2.24, 2.45) is 7.05 Å². The lowest BCUT2D eigenvalue weighted by Crippen LogP contribution is -2.33. The molecule has 0 saturated heterocycles. The van der Waals surface area contributed by atoms with Crippen molar-refractivity contribution in [1.29, 1.82) is 0 Å². The van der Waals surface area contributed by atoms with Crippen LogP contribution < -0.4 is 15.6 Å². The fourth-order valence-electron chi connectivity index (χ4n) is 3.94. The van der Waals surface area contributed by atoms with Crippen molar-refractivity contribution in [3.8, 4) is 16.9 Å². The van der Waals surface area contributed by atoms with E-state index in [-0.39, 0.29) is 23.8 Å². The van der Waals surface area contributed by atoms with Crippen molar-refractivity contribution < 1.29 is 14.3 Å². The largest absolute Gasteiger partial charge is 0.496 e. The van der Waals surface area contributed by atoms with Crippen molar-refractivity contribution in [2.45, 2.75) is 13.0 Å². The molecule has 0 aliphatic carbocycles. The number of amides is 2. The lowest BCUT2D eigenvalue weighted by Gasteiger charge is -2.22. The van der Waals surface area contributed by atoms with Crippen LogP contribution in [-0.2, 0) is 18.4 Å². The van der Waals surface area contributed by atoms with Gasteiger partial charge in [0, 0.05) is 61.5 Å². The van der Waals surface area contributed by atoms with Gasteiger partial charge in [0.2, 0.25) is 11.5 Å². The van der Waals surface area contributed by atoms with Gasteiger partial charge in [-0.15, -0.1) is 11.3 Å². The molecule has 35 heavy (non-hydrogen) atoms. The molecular weight excluding hydrogens is 462 g/mol. The van der Waals surface area contributed by atoms with E-state index in [2.05, 4.69) is 5.32 Å². The van der Waals surface area contributed by atoms with Gasteiger partial charge in [0.1, 0.15) is 5.75 Å². The van der Waals surface area contributed by atoms with Crippen molar-refractivity contribution in [1.82, 2.24) is 14.8 Å². The molecule has 0 atom stereocenters. The second-order valence-electron chi connectivity index (χ2n) is 8.17. The number of nitrogens with zero attached hydrogens (tertiary/aromatic N) is 2. The molecule has 0 radical (unpaired) electrons. The molecule has 0 saturated carbocycles. The summed E-state index contributed by atoms with van der Waals surface area (Å²) in [6, 6.07) is 18.7. The number of fused-ring (bicyclic) bond motifs is 1. The molecule has 7 nitrogen and oxygen atoms in total. The third kappa shape index (κ3) is 5.27. The molecule has 1 N–H and O–H groups in total. The topological polar surface area (TPSA) is 80.6 Å². The van der Waals surface area contributed by atoms with Gasteiger partial charge in [-0.25, -0.2) is 0 Å². The highest BCUT2D eigenvalue weighted by molar-refractivity contribution is 7.21. The van der Waals surface area contributed by atoms with Crippen LogP contribution in [0.3, 0.4) is 0 Å². The van der Waals surface area contributed by atoms with Crippen LogP contribution in [-0.4, -0.2) is 42.0 Å². The van der Waals surface area contributed by atoms with Crippen molar-refractivity contribution >= 4 is 33.2 Å². The Bertz CT molecular complexity index is 1430. The summed E-state index contributed by atoms with van der Waals surface area (Å²) in [5.41, 5.74) is 2.69. The molecule has 0 aliphatic rings. The molecule has 8 heteroatoms. The normalized spacial score (nSPS) is 10.8. The fraction of sp³-hybridized carbons (Fsp3) is 0.222. The van der Waals surface area contributed by atoms with Crippen LogP contribution in [0.4, 0.5) is 0 Å². The van der Waals surface area contributed by atoms with E-state index in [1.807, 2.05) is 48.5 Å². The number of aryl methyl sites for hydroxylation is 1. The maximum Gasteiger partial charge on any atom is 0.264 e. The minimum absolute atomic E-state index is 0.0896. The smallest absolute Gasteiger partial charge is 0.264 e. The number of carbonyl (C=O) groups excluding carboxylic acids is 2. The number of rotatable bonds is 8. The number of aromatic nitrogens is 1. The molecule has 0 bridgehead atoms. The fourth-order valence-corrected chi connectivity index (χ4v) is 5.11. The summed E-state index contributed by atoms with van der Waals surface area (Å²) in [6.07, 6.45) is 2.00. The summed E-state index contributed by atoms with van der Waals surface area (Å²) >= 11 is 1.39. The van der Waals surface area contributed by atoms with Gasteiger partial charge in [-0.2, -0.15) is 0 Å². The minimum Gasteiger partial charge on any atom is -0.496 e. The maximum absolute atomic E-state index is 13.7. The van der Waals surface area contributed by atoms with Gasteiger partial charge in [0.05, 0.1) is 12.0 Å². The summed E-state index contributed by atoms with van der Waals surface area (Å²) < 4.78 is 8.01. The third-order valence-corrected chi connectivity index (χ3v) is 7.02. The molecule has 2 amide bonds. The number of ether oxygens (including phenoxy) is 1. The first-order valence-corrected chi connectivity index (χ1v) is 12.0. The van der Waals surface area contributed by atoms with E-state index in [4.69, 9.17) is 4.74 Å². The van der Waals surface area contributed by atoms with E-state index >= 15 is 0 Å². The van der Waals surface area contributed by atoms with Gasteiger partial charge in [-0.1, -0.05) is 30.3 Å². The number of thiophene rings is 1. The molecule has 4 rings (SSSR count). The second kappa shape index (κ2) is 10.6. The van der Waals surface area contributed by atoms with Crippen LogP contribution in [0.1, 0.15) is 21.7 Å². The average molecular weight is 490 g/mol. The van der Waals surface area contributed by atoms with Gasteiger partial charge in [-0.3, -0.25) is 14.4 Å². The zero-order chi connectivity index (χ0) is 24.9. The van der Waals surface area contributed by atoms with E-state index in [9.17, 15) is 14.4 Å². The Balaban J connectivity index is 1.75. The highest BCUT2D eigenvalue weighted by Gasteiger charge is 2.22. The van der Waals surface area contributed by atoms with E-state index in [0.29, 0.717) is 23.7 Å². The molecule has 0 spiro atoms. The summed E-state index contributed by atoms with van der Waals surface area (Å²) in [6.45, 7) is 0.697. The standard InChI is InChI=1S/C27H27N3O4S/c1-28-24(31)13-14-30(16-18-7-5-4-6-8-18)27(33)23-15-21-22(34-3)11-10-20(26(21)35-23)19-9-12-25(32)29(2)17-19/h4-12,15,17H,13-14,16H2,1-3H3,(H,28,31). The van der Waals surface area contributed by atoms with Crippen LogP contribution in [0.15, 0.2) is 71.7 Å². The monoisotopic (exact) mass is 489 g/mol. The average Bonchev–Trinajstić information content (AvgIpc) is 3.33. The molecule has 2 aromatic carbocycles. The number of benzene rings is 2. The SMILES string of the molecule is CNC(=O)CCN(Cc1ccccc1)C(=O)c1cc2c(OC)ccc(-c3ccc(=O)n(C)c3)c2s1. The van der Waals surface area contributed by atoms with Crippen LogP contribution in [0.2, 0.25) is 0 Å². The molecule has 2 aromatic heterocycles. The third-order valence-electron chi connectivity index (χ3n) is 5.86. The quantitative estimate of drug-likeness (QED) is 0.405. The predicted octanol–water partition coefficient (Wildman–Crippen LogP) is 4.05. The Hall–Kier alpha value is -3.91. The van der Waals surface area contributed by atoms with Crippen molar-refractivity contribution in [3.05, 3.63) is 87.7 Å². The van der Waals surface area contributed by atoms with Crippen molar-refractivity contribution in [2.75, 3.05) is 20.7 Å². The van der Waals surface area contributed by atoms with Gasteiger partial charge < -0.3 is 19.5 Å². The molecule has 2 heterocycles. The molecule has 180 valence electrons. The molecule has 0 aliphatic heterocycles. The van der Waals surface area contributed by atoms with E-state index in [0.717, 1.165) is 26.8 Å². The Morgan fingerprint density at radius 1 is 1.09 bits per heavy atom. The van der Waals surface area contributed by atoms with Gasteiger partial charge in [-0.05, 0) is 35.4 Å². The highest BCUT2D eigenvalue weighted by Crippen LogP contribution is 2.40. The second-order valence-corrected chi connectivity index (χ2v) is 9.22. The van der Waals surface area contributed by atoms with Crippen LogP contribution in [0.25, 0.3) is 21.2 Å². The van der Waals surface area contributed by atoms with Crippen LogP contribution in [0.5, 0.6) is 5.75 Å². The summed E-state index contributed by atoms with van der Waals surface area (Å²) in [5.74, 6) is 0.405. The number of pyridine rings is 1. The first-order valence-electron chi connectivity index (χ1n) is 11.2. The molecular formula is C27H27N3O4S. The Kier molecular flexibility index (Phi) is 7.31. The first kappa shape index (κ1) is 24.2. The minimum atomic E-state index is -0.146. The Labute approximate surface area is 207 Å². The number of nitrogens with one attached hydrogen (secondary N) is 1. The number of hydrogen-bond acceptors (Lipinski definition) is 5. The van der Waals surface area contributed by atoms with E-state index in [1.165, 1.54) is 22.0 Å². The van der Waals surface area contributed by atoms with Crippen LogP contribution >= 0.6 is 11.3 Å². The first-order chi connectivity index (χ1) is 16.9.